The molecule has 3 heterocycles. The molecule has 2 unspecified atom stereocenters. The van der Waals surface area contributed by atoms with Crippen molar-refractivity contribution in [2.24, 2.45) is 5.92 Å². The zero-order valence-corrected chi connectivity index (χ0v) is 23.7. The quantitative estimate of drug-likeness (QED) is 0.233. The number of fused-ring (bicyclic) bond motifs is 3. The van der Waals surface area contributed by atoms with E-state index in [0.717, 1.165) is 19.4 Å². The van der Waals surface area contributed by atoms with Crippen LogP contribution in [0.4, 0.5) is 0 Å². The number of hydrogen-bond acceptors (Lipinski definition) is 1. The van der Waals surface area contributed by atoms with Crippen LogP contribution in [0.15, 0.2) is 91.3 Å². The van der Waals surface area contributed by atoms with Crippen LogP contribution in [0.1, 0.15) is 69.3 Å². The van der Waals surface area contributed by atoms with Crippen LogP contribution < -0.4 is 0 Å². The summed E-state index contributed by atoms with van der Waals surface area (Å²) in [5.74, 6) is 0.502. The number of thiophene rings is 1. The molecule has 1 aliphatic heterocycles. The van der Waals surface area contributed by atoms with Crippen LogP contribution in [0.25, 0.3) is 15.8 Å². The molecule has 0 N–H and O–H groups in total. The van der Waals surface area contributed by atoms with Crippen LogP contribution in [0, 0.1) is 12.8 Å². The van der Waals surface area contributed by atoms with Gasteiger partial charge >= 0.3 is 0 Å². The summed E-state index contributed by atoms with van der Waals surface area (Å²) in [6, 6.07) is 24.2. The Morgan fingerprint density at radius 2 is 1.75 bits per heavy atom. The molecular weight excluding hydrogens is 454 g/mol. The number of hydrogen-bond donors (Lipinski definition) is 0. The maximum Gasteiger partial charge on any atom is 0.103 e. The lowest BCUT2D eigenvalue weighted by molar-refractivity contribution is 0.279. The van der Waals surface area contributed by atoms with E-state index in [4.69, 9.17) is 0 Å². The van der Waals surface area contributed by atoms with Crippen molar-refractivity contribution in [3.63, 3.8) is 0 Å². The van der Waals surface area contributed by atoms with E-state index in [1.807, 2.05) is 37.3 Å². The van der Waals surface area contributed by atoms with E-state index in [1.54, 1.807) is 0 Å². The van der Waals surface area contributed by atoms with Crippen LogP contribution >= 0.6 is 11.3 Å². The Morgan fingerprint density at radius 1 is 1.06 bits per heavy atom. The highest BCUT2D eigenvalue weighted by atomic mass is 32.1. The monoisotopic (exact) mass is 497 g/mol. The molecule has 0 fully saturated rings. The lowest BCUT2D eigenvalue weighted by atomic mass is 9.65. The minimum Gasteiger partial charge on any atom is -0.332 e. The summed E-state index contributed by atoms with van der Waals surface area (Å²) < 4.78 is 2.51. The Labute approximate surface area is 223 Å². The summed E-state index contributed by atoms with van der Waals surface area (Å²) in [5.41, 5.74) is 6.92. The first-order valence-electron chi connectivity index (χ1n) is 13.5. The molecule has 0 bridgehead atoms. The third kappa shape index (κ3) is 5.93. The summed E-state index contributed by atoms with van der Waals surface area (Å²) in [6.07, 6.45) is 6.53. The molecule has 0 amide bonds. The van der Waals surface area contributed by atoms with Crippen molar-refractivity contribution < 1.29 is 0 Å². The molecule has 0 aliphatic carbocycles. The molecule has 1 aliphatic rings. The van der Waals surface area contributed by atoms with Crippen molar-refractivity contribution in [1.29, 1.82) is 0 Å². The third-order valence-electron chi connectivity index (χ3n) is 7.28. The van der Waals surface area contributed by atoms with E-state index in [-0.39, 0.29) is 5.41 Å². The maximum atomic E-state index is 4.55. The van der Waals surface area contributed by atoms with Gasteiger partial charge < -0.3 is 4.57 Å². The van der Waals surface area contributed by atoms with Gasteiger partial charge in [-0.2, -0.15) is 0 Å². The largest absolute Gasteiger partial charge is 0.332 e. The molecule has 2 heteroatoms. The van der Waals surface area contributed by atoms with Crippen molar-refractivity contribution in [1.82, 2.24) is 4.57 Å². The average Bonchev–Trinajstić information content (AvgIpc) is 3.50. The van der Waals surface area contributed by atoms with Crippen LogP contribution in [0.2, 0.25) is 0 Å². The molecule has 36 heavy (non-hydrogen) atoms. The average molecular weight is 498 g/mol. The number of aromatic nitrogens is 1. The minimum atomic E-state index is 0.101. The van der Waals surface area contributed by atoms with Crippen LogP contribution in [-0.4, -0.2) is 4.57 Å². The predicted molar refractivity (Wildman–Crippen MR) is 162 cm³/mol. The van der Waals surface area contributed by atoms with Gasteiger partial charge in [0.05, 0.1) is 0 Å². The van der Waals surface area contributed by atoms with Gasteiger partial charge in [0.25, 0.3) is 0 Å². The van der Waals surface area contributed by atoms with E-state index >= 15 is 0 Å². The van der Waals surface area contributed by atoms with E-state index in [0.29, 0.717) is 5.92 Å². The Kier molecular flexibility index (Phi) is 9.96. The van der Waals surface area contributed by atoms with Gasteiger partial charge in [0, 0.05) is 23.0 Å². The summed E-state index contributed by atoms with van der Waals surface area (Å²) >= 11 is 1.85. The van der Waals surface area contributed by atoms with Gasteiger partial charge in [-0.05, 0) is 66.3 Å². The maximum absolute atomic E-state index is 4.55. The number of rotatable bonds is 6. The van der Waals surface area contributed by atoms with Gasteiger partial charge in [0.1, 0.15) is 4.83 Å². The van der Waals surface area contributed by atoms with Crippen LogP contribution in [0.3, 0.4) is 0 Å². The molecular formula is C34H43NS. The van der Waals surface area contributed by atoms with Gasteiger partial charge in [-0.25, -0.2) is 0 Å². The van der Waals surface area contributed by atoms with E-state index in [1.165, 1.54) is 51.0 Å². The molecule has 2 atom stereocenters. The molecule has 0 radical (unpaired) electrons. The Hall–Kier alpha value is -2.84. The fourth-order valence-corrected chi connectivity index (χ4v) is 6.22. The highest BCUT2D eigenvalue weighted by molar-refractivity contribution is 7.16. The van der Waals surface area contributed by atoms with E-state index < -0.39 is 0 Å². The zero-order chi connectivity index (χ0) is 26.1. The van der Waals surface area contributed by atoms with Crippen LogP contribution in [0.5, 0.6) is 0 Å². The fraction of sp³-hybridized carbons (Fsp3) is 0.353. The molecule has 2 aromatic carbocycles. The Balaban J connectivity index is 0.000000253. The van der Waals surface area contributed by atoms with Gasteiger partial charge in [-0.15, -0.1) is 17.9 Å². The second kappa shape index (κ2) is 12.9. The summed E-state index contributed by atoms with van der Waals surface area (Å²) in [4.78, 5) is 1.39. The second-order valence-corrected chi connectivity index (χ2v) is 10.7. The van der Waals surface area contributed by atoms with Gasteiger partial charge in [0.2, 0.25) is 0 Å². The number of allylic oxidation sites excluding steroid dienone is 2. The minimum absolute atomic E-state index is 0.101. The van der Waals surface area contributed by atoms with Crippen molar-refractivity contribution in [3.05, 3.63) is 114 Å². The molecule has 0 saturated carbocycles. The normalized spacial score (nSPS) is 18.5. The van der Waals surface area contributed by atoms with E-state index in [9.17, 15) is 0 Å². The predicted octanol–water partition coefficient (Wildman–Crippen LogP) is 10.2. The molecule has 0 saturated heterocycles. The Bertz CT molecular complexity index is 1240. The molecule has 4 aromatic rings. The second-order valence-electron chi connectivity index (χ2n) is 9.76. The van der Waals surface area contributed by atoms with Crippen LogP contribution in [-0.2, 0) is 18.4 Å². The lowest BCUT2D eigenvalue weighted by Gasteiger charge is -2.44. The lowest BCUT2D eigenvalue weighted by Crippen LogP contribution is -2.41. The number of benzene rings is 2. The molecule has 1 nitrogen and oxygen atoms in total. The SMILES string of the molecule is C=C1c2cc3ccsc3n2CC(C)(c2ccc(C)cc2)C1CCC.C=CCCc1ccccc1.CC. The van der Waals surface area contributed by atoms with Crippen molar-refractivity contribution in [3.8, 4) is 0 Å². The molecule has 190 valence electrons. The van der Waals surface area contributed by atoms with Crippen molar-refractivity contribution in [2.45, 2.75) is 72.3 Å². The van der Waals surface area contributed by atoms with E-state index in [2.05, 4.69) is 105 Å². The highest BCUT2D eigenvalue weighted by Gasteiger charge is 2.42. The fourth-order valence-electron chi connectivity index (χ4n) is 5.32. The number of aryl methyl sites for hydroxylation is 2. The van der Waals surface area contributed by atoms with Gasteiger partial charge in [-0.1, -0.05) is 107 Å². The van der Waals surface area contributed by atoms with Gasteiger partial charge in [0.15, 0.2) is 0 Å². The number of nitrogens with zero attached hydrogens (tertiary/aromatic N) is 1. The summed E-state index contributed by atoms with van der Waals surface area (Å²) in [7, 11) is 0. The smallest absolute Gasteiger partial charge is 0.103 e. The van der Waals surface area contributed by atoms with Crippen molar-refractivity contribution >= 4 is 27.1 Å². The highest BCUT2D eigenvalue weighted by Crippen LogP contribution is 2.49. The topological polar surface area (TPSA) is 4.93 Å². The van der Waals surface area contributed by atoms with Crippen molar-refractivity contribution in [2.75, 3.05) is 0 Å². The first-order valence-corrected chi connectivity index (χ1v) is 14.3. The van der Waals surface area contributed by atoms with Gasteiger partial charge in [-0.3, -0.25) is 0 Å². The standard InChI is InChI=1S/C22H25NS.C10H12.C2H6/c1-5-6-19-16(3)20-13-17-11-12-24-21(17)23(20)14-22(19,4)18-9-7-15(2)8-10-18;1-2-3-7-10-8-5-4-6-9-10;1-2/h7-13,19H,3,5-6,14H2,1-2,4H3;2,4-6,8-9H,1,3,7H2;1-2H3. The first kappa shape index (κ1) is 27.7. The Morgan fingerprint density at radius 3 is 2.39 bits per heavy atom. The third-order valence-corrected chi connectivity index (χ3v) is 8.23. The summed E-state index contributed by atoms with van der Waals surface area (Å²) in [6.45, 7) is 20.2. The summed E-state index contributed by atoms with van der Waals surface area (Å²) in [5, 5.41) is 3.56. The zero-order valence-electron chi connectivity index (χ0n) is 22.9. The first-order chi connectivity index (χ1) is 17.5. The molecule has 5 rings (SSSR count). The molecule has 0 spiro atoms. The molecule has 2 aromatic heterocycles.